The van der Waals surface area contributed by atoms with E-state index in [0.29, 0.717) is 24.2 Å². The molecule has 2 heterocycles. The Labute approximate surface area is 117 Å². The van der Waals surface area contributed by atoms with Gasteiger partial charge < -0.3 is 4.90 Å². The molecule has 0 aromatic carbocycles. The Hall–Kier alpha value is -0.920. The van der Waals surface area contributed by atoms with Crippen molar-refractivity contribution in [3.63, 3.8) is 0 Å². The molecule has 106 valence electrons. The van der Waals surface area contributed by atoms with Gasteiger partial charge in [-0.15, -0.1) is 11.3 Å². The van der Waals surface area contributed by atoms with Gasteiger partial charge in [-0.3, -0.25) is 4.79 Å². The summed E-state index contributed by atoms with van der Waals surface area (Å²) in [5.41, 5.74) is 1.04. The minimum atomic E-state index is -3.74. The summed E-state index contributed by atoms with van der Waals surface area (Å²) in [6, 6.07) is 0. The maximum absolute atomic E-state index is 12.4. The van der Waals surface area contributed by atoms with Crippen molar-refractivity contribution < 1.29 is 13.2 Å². The largest absolute Gasteiger partial charge is 0.338 e. The van der Waals surface area contributed by atoms with Gasteiger partial charge in [0.2, 0.25) is 10.0 Å². The van der Waals surface area contributed by atoms with Crippen LogP contribution in [0.25, 0.3) is 0 Å². The maximum atomic E-state index is 12.4. The van der Waals surface area contributed by atoms with Crippen LogP contribution in [0.3, 0.4) is 0 Å². The van der Waals surface area contributed by atoms with Gasteiger partial charge in [-0.25, -0.2) is 13.6 Å². The summed E-state index contributed by atoms with van der Waals surface area (Å²) in [6.45, 7) is 7.29. The predicted molar refractivity (Wildman–Crippen MR) is 74.7 cm³/mol. The third kappa shape index (κ3) is 2.82. The Kier molecular flexibility index (Phi) is 3.49. The van der Waals surface area contributed by atoms with Gasteiger partial charge >= 0.3 is 0 Å². The van der Waals surface area contributed by atoms with E-state index in [2.05, 4.69) is 13.8 Å². The minimum Gasteiger partial charge on any atom is -0.338 e. The summed E-state index contributed by atoms with van der Waals surface area (Å²) in [5, 5.41) is 6.71. The lowest BCUT2D eigenvalue weighted by Gasteiger charge is -2.19. The van der Waals surface area contributed by atoms with E-state index in [4.69, 9.17) is 5.14 Å². The Morgan fingerprint density at radius 2 is 2.11 bits per heavy atom. The number of nitrogens with two attached hydrogens (primary N) is 1. The normalized spacial score (nSPS) is 18.8. The summed E-state index contributed by atoms with van der Waals surface area (Å²) in [5.74, 6) is -0.103. The molecule has 1 aliphatic rings. The number of carbonyl (C=O) groups excluding carboxylic acids is 1. The molecular formula is C12H18N2O3S2. The summed E-state index contributed by atoms with van der Waals surface area (Å²) in [7, 11) is -3.74. The average molecular weight is 302 g/mol. The summed E-state index contributed by atoms with van der Waals surface area (Å²) in [6.07, 6.45) is 0.962. The minimum absolute atomic E-state index is 0.0781. The van der Waals surface area contributed by atoms with E-state index in [0.717, 1.165) is 17.8 Å². The number of sulfonamides is 1. The Balaban J connectivity index is 2.29. The molecule has 2 N–H and O–H groups in total. The number of thiophene rings is 1. The molecule has 1 aromatic heterocycles. The van der Waals surface area contributed by atoms with E-state index >= 15 is 0 Å². The molecule has 1 saturated heterocycles. The molecule has 0 atom stereocenters. The SMILES string of the molecule is Cc1c(C(=O)N2CCC(C)(C)C2)csc1S(N)(=O)=O. The molecule has 5 nitrogen and oxygen atoms in total. The molecular weight excluding hydrogens is 284 g/mol. The second-order valence-electron chi connectivity index (χ2n) is 5.75. The highest BCUT2D eigenvalue weighted by Gasteiger charge is 2.34. The molecule has 1 aromatic rings. The van der Waals surface area contributed by atoms with Crippen molar-refractivity contribution in [3.8, 4) is 0 Å². The first kappa shape index (κ1) is 14.5. The molecule has 2 rings (SSSR count). The van der Waals surface area contributed by atoms with Crippen LogP contribution in [-0.4, -0.2) is 32.3 Å². The van der Waals surface area contributed by atoms with Crippen LogP contribution in [0.4, 0.5) is 0 Å². The summed E-state index contributed by atoms with van der Waals surface area (Å²) in [4.78, 5) is 14.2. The number of likely N-dealkylation sites (tertiary alicyclic amines) is 1. The number of hydrogen-bond acceptors (Lipinski definition) is 4. The van der Waals surface area contributed by atoms with Gasteiger partial charge in [0, 0.05) is 18.5 Å². The van der Waals surface area contributed by atoms with Crippen LogP contribution in [0.2, 0.25) is 0 Å². The molecule has 1 fully saturated rings. The zero-order valence-corrected chi connectivity index (χ0v) is 12.9. The quantitative estimate of drug-likeness (QED) is 0.900. The van der Waals surface area contributed by atoms with E-state index in [1.165, 1.54) is 0 Å². The fourth-order valence-electron chi connectivity index (χ4n) is 2.35. The van der Waals surface area contributed by atoms with Gasteiger partial charge in [-0.05, 0) is 24.3 Å². The van der Waals surface area contributed by atoms with Crippen LogP contribution in [0.1, 0.15) is 36.2 Å². The molecule has 19 heavy (non-hydrogen) atoms. The second kappa shape index (κ2) is 4.57. The number of rotatable bonds is 2. The third-order valence-electron chi connectivity index (χ3n) is 3.45. The number of hydrogen-bond donors (Lipinski definition) is 1. The van der Waals surface area contributed by atoms with Gasteiger partial charge in [0.25, 0.3) is 5.91 Å². The van der Waals surface area contributed by atoms with Crippen LogP contribution >= 0.6 is 11.3 Å². The lowest BCUT2D eigenvalue weighted by Crippen LogP contribution is -2.30. The van der Waals surface area contributed by atoms with Crippen molar-refractivity contribution in [2.24, 2.45) is 10.6 Å². The smallest absolute Gasteiger partial charge is 0.255 e. The summed E-state index contributed by atoms with van der Waals surface area (Å²) < 4.78 is 22.8. The fourth-order valence-corrected chi connectivity index (χ4v) is 4.35. The van der Waals surface area contributed by atoms with Gasteiger partial charge in [0.1, 0.15) is 4.21 Å². The second-order valence-corrected chi connectivity index (χ2v) is 8.38. The van der Waals surface area contributed by atoms with E-state index in [-0.39, 0.29) is 15.5 Å². The Morgan fingerprint density at radius 1 is 1.47 bits per heavy atom. The van der Waals surface area contributed by atoms with Gasteiger partial charge in [-0.2, -0.15) is 0 Å². The summed E-state index contributed by atoms with van der Waals surface area (Å²) >= 11 is 1.01. The van der Waals surface area contributed by atoms with Crippen LogP contribution in [0, 0.1) is 12.3 Å². The number of nitrogens with zero attached hydrogens (tertiary/aromatic N) is 1. The lowest BCUT2D eigenvalue weighted by molar-refractivity contribution is 0.0778. The lowest BCUT2D eigenvalue weighted by atomic mass is 9.93. The average Bonchev–Trinajstić information content (AvgIpc) is 2.79. The van der Waals surface area contributed by atoms with Gasteiger partial charge in [-0.1, -0.05) is 13.8 Å². The fraction of sp³-hybridized carbons (Fsp3) is 0.583. The standard InChI is InChI=1S/C12H18N2O3S2/c1-8-9(6-18-11(8)19(13,16)17)10(15)14-5-4-12(2,3)7-14/h6H,4-5,7H2,1-3H3,(H2,13,16,17). The van der Waals surface area contributed by atoms with Gasteiger partial charge in [0.15, 0.2) is 0 Å². The Bertz CT molecular complexity index is 617. The van der Waals surface area contributed by atoms with E-state index in [1.54, 1.807) is 17.2 Å². The molecule has 1 amide bonds. The molecule has 7 heteroatoms. The van der Waals surface area contributed by atoms with E-state index < -0.39 is 10.0 Å². The van der Waals surface area contributed by atoms with Crippen LogP contribution < -0.4 is 5.14 Å². The number of carbonyl (C=O) groups is 1. The van der Waals surface area contributed by atoms with E-state index in [1.807, 2.05) is 0 Å². The zero-order valence-electron chi connectivity index (χ0n) is 11.3. The first-order valence-corrected chi connectivity index (χ1v) is 8.44. The highest BCUT2D eigenvalue weighted by Crippen LogP contribution is 2.32. The molecule has 0 unspecified atom stereocenters. The highest BCUT2D eigenvalue weighted by molar-refractivity contribution is 7.91. The van der Waals surface area contributed by atoms with Crippen molar-refractivity contribution in [1.82, 2.24) is 4.90 Å². The van der Waals surface area contributed by atoms with Crippen molar-refractivity contribution in [2.75, 3.05) is 13.1 Å². The predicted octanol–water partition coefficient (Wildman–Crippen LogP) is 1.58. The van der Waals surface area contributed by atoms with Crippen LogP contribution in [0.15, 0.2) is 9.59 Å². The van der Waals surface area contributed by atoms with Crippen LogP contribution in [-0.2, 0) is 10.0 Å². The maximum Gasteiger partial charge on any atom is 0.255 e. The molecule has 0 saturated carbocycles. The van der Waals surface area contributed by atoms with E-state index in [9.17, 15) is 13.2 Å². The Morgan fingerprint density at radius 3 is 2.53 bits per heavy atom. The number of primary sulfonamides is 1. The molecule has 0 radical (unpaired) electrons. The first-order valence-electron chi connectivity index (χ1n) is 6.02. The zero-order chi connectivity index (χ0) is 14.4. The van der Waals surface area contributed by atoms with Crippen molar-refractivity contribution in [2.45, 2.75) is 31.4 Å². The van der Waals surface area contributed by atoms with Gasteiger partial charge in [0.05, 0.1) is 5.56 Å². The third-order valence-corrected chi connectivity index (χ3v) is 6.13. The van der Waals surface area contributed by atoms with Crippen LogP contribution in [0.5, 0.6) is 0 Å². The van der Waals surface area contributed by atoms with Crippen molar-refractivity contribution in [1.29, 1.82) is 0 Å². The monoisotopic (exact) mass is 302 g/mol. The topological polar surface area (TPSA) is 80.5 Å². The number of amides is 1. The first-order chi connectivity index (χ1) is 8.62. The molecule has 0 spiro atoms. The highest BCUT2D eigenvalue weighted by atomic mass is 32.2. The van der Waals surface area contributed by atoms with Crippen molar-refractivity contribution in [3.05, 3.63) is 16.5 Å². The van der Waals surface area contributed by atoms with Crippen molar-refractivity contribution >= 4 is 27.3 Å². The molecule has 0 aliphatic carbocycles. The molecule has 0 bridgehead atoms. The molecule has 1 aliphatic heterocycles.